The average molecular weight is 135 g/mol. The van der Waals surface area contributed by atoms with Crippen molar-refractivity contribution in [2.75, 3.05) is 6.26 Å². The molecule has 48 valence electrons. The van der Waals surface area contributed by atoms with Gasteiger partial charge in [-0.15, -0.1) is 0 Å². The van der Waals surface area contributed by atoms with Crippen LogP contribution in [0.1, 0.15) is 13.3 Å². The summed E-state index contributed by atoms with van der Waals surface area (Å²) in [6, 6.07) is 0. The van der Waals surface area contributed by atoms with E-state index in [1.54, 1.807) is 13.2 Å². The van der Waals surface area contributed by atoms with E-state index >= 15 is 0 Å². The van der Waals surface area contributed by atoms with Crippen LogP contribution in [0.2, 0.25) is 0 Å². The highest BCUT2D eigenvalue weighted by Gasteiger charge is 1.91. The molecule has 8 heavy (non-hydrogen) atoms. The zero-order valence-electron chi connectivity index (χ0n) is 4.93. The summed E-state index contributed by atoms with van der Waals surface area (Å²) in [5.41, 5.74) is 2.21. The highest BCUT2D eigenvalue weighted by Crippen LogP contribution is 1.88. The maximum absolute atomic E-state index is 10.3. The van der Waals surface area contributed by atoms with Gasteiger partial charge in [-0.1, -0.05) is 6.92 Å². The molecule has 0 unspecified atom stereocenters. The largest absolute Gasteiger partial charge is 0.273 e. The third-order valence-corrected chi connectivity index (χ3v) is 0.810. The smallest absolute Gasteiger partial charge is 0.244 e. The van der Waals surface area contributed by atoms with Crippen molar-refractivity contribution in [3.05, 3.63) is 0 Å². The van der Waals surface area contributed by atoms with Gasteiger partial charge in [0.2, 0.25) is 5.91 Å². The van der Waals surface area contributed by atoms with Crippen molar-refractivity contribution in [1.29, 1.82) is 0 Å². The number of hydrogen-bond donors (Lipinski definition) is 1. The Morgan fingerprint density at radius 3 is 2.88 bits per heavy atom. The first-order valence-corrected chi connectivity index (χ1v) is 3.44. The van der Waals surface area contributed by atoms with E-state index in [9.17, 15) is 4.79 Å². The molecule has 0 fully saturated rings. The van der Waals surface area contributed by atoms with Gasteiger partial charge in [-0.3, -0.25) is 4.79 Å². The van der Waals surface area contributed by atoms with E-state index in [4.69, 9.17) is 0 Å². The highest BCUT2D eigenvalue weighted by molar-refractivity contribution is 7.93. The van der Waals surface area contributed by atoms with Crippen molar-refractivity contribution < 1.29 is 9.08 Å². The molecule has 1 amide bonds. The van der Waals surface area contributed by atoms with E-state index in [2.05, 4.69) is 9.76 Å². The quantitative estimate of drug-likeness (QED) is 0.458. The summed E-state index contributed by atoms with van der Waals surface area (Å²) in [4.78, 5) is 10.3. The topological polar surface area (TPSA) is 38.3 Å². The van der Waals surface area contributed by atoms with Crippen LogP contribution in [0, 0.1) is 0 Å². The van der Waals surface area contributed by atoms with Crippen LogP contribution < -0.4 is 5.48 Å². The second-order valence-electron chi connectivity index (χ2n) is 1.13. The monoisotopic (exact) mass is 135 g/mol. The van der Waals surface area contributed by atoms with Gasteiger partial charge in [0.15, 0.2) is 0 Å². The zero-order valence-corrected chi connectivity index (χ0v) is 5.75. The Bertz CT molecular complexity index is 76.4. The summed E-state index contributed by atoms with van der Waals surface area (Å²) in [6.45, 7) is 1.76. The molecule has 0 saturated carbocycles. The molecule has 0 rings (SSSR count). The number of carbonyl (C=O) groups excluding carboxylic acids is 1. The molecule has 0 bridgehead atoms. The number of amides is 1. The van der Waals surface area contributed by atoms with Crippen LogP contribution in [-0.2, 0) is 9.08 Å². The van der Waals surface area contributed by atoms with Crippen molar-refractivity contribution in [3.8, 4) is 0 Å². The lowest BCUT2D eigenvalue weighted by atomic mass is 10.5. The second-order valence-corrected chi connectivity index (χ2v) is 1.63. The normalized spacial score (nSPS) is 8.75. The summed E-state index contributed by atoms with van der Waals surface area (Å²) < 4.78 is 4.50. The Morgan fingerprint density at radius 2 is 2.50 bits per heavy atom. The van der Waals surface area contributed by atoms with Crippen LogP contribution in [0.25, 0.3) is 0 Å². The van der Waals surface area contributed by atoms with Crippen LogP contribution in [0.3, 0.4) is 0 Å². The lowest BCUT2D eigenvalue weighted by molar-refractivity contribution is -0.126. The number of hydrogen-bond acceptors (Lipinski definition) is 3. The van der Waals surface area contributed by atoms with E-state index in [1.165, 1.54) is 0 Å². The van der Waals surface area contributed by atoms with E-state index in [-0.39, 0.29) is 5.91 Å². The fourth-order valence-electron chi connectivity index (χ4n) is 0.160. The van der Waals surface area contributed by atoms with Crippen molar-refractivity contribution >= 4 is 17.9 Å². The molecule has 0 aliphatic rings. The Labute approximate surface area is 52.9 Å². The lowest BCUT2D eigenvalue weighted by Crippen LogP contribution is -2.18. The molecule has 3 nitrogen and oxygen atoms in total. The van der Waals surface area contributed by atoms with Crippen molar-refractivity contribution in [1.82, 2.24) is 5.48 Å². The molecular weight excluding hydrogens is 126 g/mol. The van der Waals surface area contributed by atoms with Gasteiger partial charge in [-0.05, 0) is 0 Å². The third-order valence-electron chi connectivity index (χ3n) is 0.560. The summed E-state index contributed by atoms with van der Waals surface area (Å²) >= 11 is 1.11. The van der Waals surface area contributed by atoms with Gasteiger partial charge in [0.05, 0.1) is 0 Å². The minimum absolute atomic E-state index is 0.0978. The summed E-state index contributed by atoms with van der Waals surface area (Å²) in [7, 11) is 0. The number of carbonyl (C=O) groups is 1. The molecule has 0 aliphatic carbocycles. The Balaban J connectivity index is 2.99. The van der Waals surface area contributed by atoms with Crippen molar-refractivity contribution in [2.45, 2.75) is 13.3 Å². The zero-order chi connectivity index (χ0) is 6.41. The molecule has 0 aromatic heterocycles. The summed E-state index contributed by atoms with van der Waals surface area (Å²) in [6.07, 6.45) is 2.19. The van der Waals surface area contributed by atoms with Crippen molar-refractivity contribution in [2.24, 2.45) is 0 Å². The molecule has 4 heteroatoms. The van der Waals surface area contributed by atoms with Crippen LogP contribution in [0.4, 0.5) is 0 Å². The number of nitrogens with one attached hydrogen (secondary N) is 1. The van der Waals surface area contributed by atoms with Gasteiger partial charge < -0.3 is 0 Å². The maximum Gasteiger partial charge on any atom is 0.244 e. The average Bonchev–Trinajstić information content (AvgIpc) is 1.83. The van der Waals surface area contributed by atoms with E-state index in [1.807, 2.05) is 0 Å². The predicted molar refractivity (Wildman–Crippen MR) is 33.0 cm³/mol. The van der Waals surface area contributed by atoms with E-state index in [0.29, 0.717) is 6.42 Å². The van der Waals surface area contributed by atoms with E-state index < -0.39 is 0 Å². The minimum atomic E-state index is -0.0978. The second kappa shape index (κ2) is 4.93. The number of hydroxylamine groups is 1. The SMILES string of the molecule is CCC(=O)NOSC. The molecule has 0 spiro atoms. The first-order chi connectivity index (χ1) is 3.81. The van der Waals surface area contributed by atoms with Gasteiger partial charge in [-0.25, -0.2) is 9.76 Å². The molecule has 0 aromatic rings. The molecule has 1 N–H and O–H groups in total. The third kappa shape index (κ3) is 3.95. The van der Waals surface area contributed by atoms with Crippen LogP contribution >= 0.6 is 12.0 Å². The Morgan fingerprint density at radius 1 is 1.88 bits per heavy atom. The first-order valence-electron chi connectivity index (χ1n) is 2.29. The Kier molecular flexibility index (Phi) is 4.79. The van der Waals surface area contributed by atoms with Crippen LogP contribution in [-0.4, -0.2) is 12.2 Å². The van der Waals surface area contributed by atoms with Gasteiger partial charge >= 0.3 is 0 Å². The maximum atomic E-state index is 10.3. The van der Waals surface area contributed by atoms with Gasteiger partial charge in [-0.2, -0.15) is 0 Å². The Hall–Kier alpha value is -0.220. The van der Waals surface area contributed by atoms with Crippen LogP contribution in [0.5, 0.6) is 0 Å². The van der Waals surface area contributed by atoms with E-state index in [0.717, 1.165) is 12.0 Å². The van der Waals surface area contributed by atoms with Gasteiger partial charge in [0.1, 0.15) is 0 Å². The molecule has 0 saturated heterocycles. The highest BCUT2D eigenvalue weighted by atomic mass is 32.2. The number of rotatable bonds is 3. The predicted octanol–water partition coefficient (Wildman–Crippen LogP) is 0.722. The van der Waals surface area contributed by atoms with Crippen LogP contribution in [0.15, 0.2) is 0 Å². The van der Waals surface area contributed by atoms with Gasteiger partial charge in [0, 0.05) is 24.7 Å². The lowest BCUT2D eigenvalue weighted by Gasteiger charge is -1.96. The van der Waals surface area contributed by atoms with Gasteiger partial charge in [0.25, 0.3) is 0 Å². The van der Waals surface area contributed by atoms with Crippen molar-refractivity contribution in [3.63, 3.8) is 0 Å². The fraction of sp³-hybridized carbons (Fsp3) is 0.750. The molecule has 0 heterocycles. The summed E-state index contributed by atoms with van der Waals surface area (Å²) in [5, 5.41) is 0. The minimum Gasteiger partial charge on any atom is -0.273 e. The molecule has 0 radical (unpaired) electrons. The molecular formula is C4H9NO2S. The fourth-order valence-corrected chi connectivity index (χ4v) is 0.337. The molecule has 0 atom stereocenters. The summed E-state index contributed by atoms with van der Waals surface area (Å²) in [5.74, 6) is -0.0978. The first kappa shape index (κ1) is 7.78. The standard InChI is InChI=1S/C4H9NO2S/c1-3-4(6)5-7-8-2/h3H2,1-2H3,(H,5,6). The molecule has 0 aliphatic heterocycles. The molecule has 0 aromatic carbocycles.